The first-order chi connectivity index (χ1) is 13.7. The van der Waals surface area contributed by atoms with Crippen molar-refractivity contribution in [3.8, 4) is 11.8 Å². The van der Waals surface area contributed by atoms with Gasteiger partial charge >= 0.3 is 0 Å². The lowest BCUT2D eigenvalue weighted by Crippen LogP contribution is -2.22. The monoisotopic (exact) mass is 375 g/mol. The Morgan fingerprint density at radius 2 is 2.07 bits per heavy atom. The highest BCUT2D eigenvalue weighted by atomic mass is 16.5. The number of nitrogens with two attached hydrogens (primary N) is 2. The van der Waals surface area contributed by atoms with Crippen molar-refractivity contribution in [2.75, 3.05) is 6.54 Å². The molecule has 0 bridgehead atoms. The molecule has 4 N–H and O–H groups in total. The van der Waals surface area contributed by atoms with Gasteiger partial charge in [-0.25, -0.2) is 4.98 Å². The van der Waals surface area contributed by atoms with Gasteiger partial charge in [0.15, 0.2) is 0 Å². The minimum atomic E-state index is -0.107. The average molecular weight is 375 g/mol. The van der Waals surface area contributed by atoms with E-state index in [0.717, 1.165) is 36.3 Å². The van der Waals surface area contributed by atoms with Crippen molar-refractivity contribution in [1.82, 2.24) is 14.7 Å². The Bertz CT molecular complexity index is 992. The molecule has 2 aromatic heterocycles. The van der Waals surface area contributed by atoms with E-state index in [1.807, 2.05) is 29.0 Å². The second-order valence-electron chi connectivity index (χ2n) is 7.28. The molecule has 144 valence electrons. The summed E-state index contributed by atoms with van der Waals surface area (Å²) >= 11 is 0. The molecule has 3 unspecified atom stereocenters. The number of aryl methyl sites for hydroxylation is 1. The fourth-order valence-electron chi connectivity index (χ4n) is 3.45. The van der Waals surface area contributed by atoms with Crippen molar-refractivity contribution < 1.29 is 4.52 Å². The third kappa shape index (κ3) is 4.01. The van der Waals surface area contributed by atoms with Gasteiger partial charge in [-0.15, -0.1) is 0 Å². The average Bonchev–Trinajstić information content (AvgIpc) is 3.10. The summed E-state index contributed by atoms with van der Waals surface area (Å²) < 4.78 is 7.45. The number of nitrogens with zero attached hydrogens (tertiary/aromatic N) is 3. The van der Waals surface area contributed by atoms with Crippen LogP contribution in [0.15, 0.2) is 47.2 Å². The Morgan fingerprint density at radius 3 is 2.75 bits per heavy atom. The Hall–Kier alpha value is -2.88. The molecule has 3 atom stereocenters. The predicted molar refractivity (Wildman–Crippen MR) is 108 cm³/mol. The van der Waals surface area contributed by atoms with E-state index in [9.17, 15) is 0 Å². The zero-order chi connectivity index (χ0) is 19.5. The molecular formula is C22H25N5O. The standard InChI is InChI=1S/C22H25N5O/c1-2-22-25-9-10-27(22)21(14-23)20-13-18(28-26-20)8-7-15-3-5-16(6-4-15)11-17-12-19(17)24/h3-6,9-10,13,17,19,21H,2,11-12,14,23-24H2,1H3. The van der Waals surface area contributed by atoms with Crippen molar-refractivity contribution in [2.45, 2.75) is 38.3 Å². The van der Waals surface area contributed by atoms with Crippen LogP contribution in [0.1, 0.15) is 47.8 Å². The number of imidazole rings is 1. The van der Waals surface area contributed by atoms with Crippen LogP contribution >= 0.6 is 0 Å². The molecule has 0 amide bonds. The second kappa shape index (κ2) is 8.01. The molecule has 1 saturated carbocycles. The van der Waals surface area contributed by atoms with Crippen LogP contribution in [-0.2, 0) is 12.8 Å². The molecular weight excluding hydrogens is 350 g/mol. The van der Waals surface area contributed by atoms with Crippen LogP contribution in [0.2, 0.25) is 0 Å². The van der Waals surface area contributed by atoms with Crippen molar-refractivity contribution >= 4 is 0 Å². The molecule has 1 aromatic carbocycles. The highest BCUT2D eigenvalue weighted by Crippen LogP contribution is 2.31. The van der Waals surface area contributed by atoms with E-state index in [1.54, 1.807) is 6.20 Å². The predicted octanol–water partition coefficient (Wildman–Crippen LogP) is 2.27. The highest BCUT2D eigenvalue weighted by Gasteiger charge is 2.32. The molecule has 6 nitrogen and oxygen atoms in total. The van der Waals surface area contributed by atoms with Crippen LogP contribution in [0.25, 0.3) is 0 Å². The van der Waals surface area contributed by atoms with Gasteiger partial charge in [-0.05, 0) is 42.4 Å². The summed E-state index contributed by atoms with van der Waals surface area (Å²) in [4.78, 5) is 4.36. The molecule has 6 heteroatoms. The minimum Gasteiger partial charge on any atom is -0.347 e. The summed E-state index contributed by atoms with van der Waals surface area (Å²) in [7, 11) is 0. The fourth-order valence-corrected chi connectivity index (χ4v) is 3.45. The zero-order valence-corrected chi connectivity index (χ0v) is 16.0. The number of benzene rings is 1. The third-order valence-electron chi connectivity index (χ3n) is 5.25. The molecule has 4 rings (SSSR count). The quantitative estimate of drug-likeness (QED) is 0.645. The summed E-state index contributed by atoms with van der Waals surface area (Å²) in [6.07, 6.45) is 6.72. The van der Waals surface area contributed by atoms with E-state index in [2.05, 4.69) is 41.0 Å². The van der Waals surface area contributed by atoms with E-state index in [0.29, 0.717) is 24.3 Å². The number of rotatable bonds is 6. The Morgan fingerprint density at radius 1 is 1.29 bits per heavy atom. The summed E-state index contributed by atoms with van der Waals surface area (Å²) in [6, 6.07) is 10.4. The summed E-state index contributed by atoms with van der Waals surface area (Å²) in [5.74, 6) is 8.32. The van der Waals surface area contributed by atoms with Crippen molar-refractivity contribution in [1.29, 1.82) is 0 Å². The van der Waals surface area contributed by atoms with E-state index in [-0.39, 0.29) is 6.04 Å². The lowest BCUT2D eigenvalue weighted by molar-refractivity contribution is 0.390. The lowest BCUT2D eigenvalue weighted by Gasteiger charge is -2.15. The van der Waals surface area contributed by atoms with Gasteiger partial charge in [0.1, 0.15) is 11.5 Å². The number of hydrogen-bond acceptors (Lipinski definition) is 5. The molecule has 1 aliphatic carbocycles. The minimum absolute atomic E-state index is 0.107. The smallest absolute Gasteiger partial charge is 0.210 e. The molecule has 28 heavy (non-hydrogen) atoms. The third-order valence-corrected chi connectivity index (χ3v) is 5.25. The van der Waals surface area contributed by atoms with Gasteiger partial charge in [0, 0.05) is 43.0 Å². The van der Waals surface area contributed by atoms with Crippen molar-refractivity contribution in [3.05, 3.63) is 71.1 Å². The molecule has 0 radical (unpaired) electrons. The normalized spacial score (nSPS) is 19.1. The topological polar surface area (TPSA) is 95.9 Å². The maximum Gasteiger partial charge on any atom is 0.210 e. The first-order valence-electron chi connectivity index (χ1n) is 9.72. The number of aromatic nitrogens is 3. The van der Waals surface area contributed by atoms with Gasteiger partial charge in [0.2, 0.25) is 5.76 Å². The molecule has 1 aliphatic rings. The van der Waals surface area contributed by atoms with Crippen LogP contribution in [0.3, 0.4) is 0 Å². The van der Waals surface area contributed by atoms with Gasteiger partial charge in [0.25, 0.3) is 0 Å². The highest BCUT2D eigenvalue weighted by molar-refractivity contribution is 5.41. The van der Waals surface area contributed by atoms with Crippen molar-refractivity contribution in [2.24, 2.45) is 17.4 Å². The van der Waals surface area contributed by atoms with Gasteiger partial charge in [-0.3, -0.25) is 0 Å². The lowest BCUT2D eigenvalue weighted by atomic mass is 10.1. The first-order valence-corrected chi connectivity index (χ1v) is 9.72. The van der Waals surface area contributed by atoms with E-state index in [4.69, 9.17) is 16.0 Å². The van der Waals surface area contributed by atoms with Crippen LogP contribution in [-0.4, -0.2) is 27.3 Å². The van der Waals surface area contributed by atoms with Crippen LogP contribution in [0.5, 0.6) is 0 Å². The largest absolute Gasteiger partial charge is 0.347 e. The van der Waals surface area contributed by atoms with Gasteiger partial charge in [0.05, 0.1) is 6.04 Å². The summed E-state index contributed by atoms with van der Waals surface area (Å²) in [5.41, 5.74) is 14.9. The first kappa shape index (κ1) is 18.5. The summed E-state index contributed by atoms with van der Waals surface area (Å²) in [5, 5.41) is 4.17. The zero-order valence-electron chi connectivity index (χ0n) is 16.0. The van der Waals surface area contributed by atoms with Gasteiger partial charge in [-0.2, -0.15) is 0 Å². The molecule has 2 heterocycles. The molecule has 0 aliphatic heterocycles. The Balaban J connectivity index is 1.46. The molecule has 3 aromatic rings. The van der Waals surface area contributed by atoms with Crippen LogP contribution in [0.4, 0.5) is 0 Å². The van der Waals surface area contributed by atoms with Crippen LogP contribution in [0, 0.1) is 17.8 Å². The molecule has 1 fully saturated rings. The maximum atomic E-state index is 5.98. The summed E-state index contributed by atoms with van der Waals surface area (Å²) in [6.45, 7) is 2.48. The van der Waals surface area contributed by atoms with E-state index >= 15 is 0 Å². The second-order valence-corrected chi connectivity index (χ2v) is 7.28. The maximum absolute atomic E-state index is 5.98. The van der Waals surface area contributed by atoms with E-state index in [1.165, 1.54) is 5.56 Å². The number of hydrogen-bond donors (Lipinski definition) is 2. The van der Waals surface area contributed by atoms with Crippen LogP contribution < -0.4 is 11.5 Å². The van der Waals surface area contributed by atoms with Crippen molar-refractivity contribution in [3.63, 3.8) is 0 Å². The van der Waals surface area contributed by atoms with E-state index < -0.39 is 0 Å². The molecule has 0 saturated heterocycles. The SMILES string of the molecule is CCc1nccn1C(CN)c1cc(C#Cc2ccc(CC3CC3N)cc2)on1. The van der Waals surface area contributed by atoms with Gasteiger partial charge in [-0.1, -0.05) is 30.1 Å². The molecule has 0 spiro atoms. The Kier molecular flexibility index (Phi) is 5.29. The fraction of sp³-hybridized carbons (Fsp3) is 0.364. The van der Waals surface area contributed by atoms with Gasteiger partial charge < -0.3 is 20.6 Å². The Labute approximate surface area is 164 Å².